The number of amides is 1. The molecule has 0 heterocycles. The van der Waals surface area contributed by atoms with Crippen LogP contribution in [0, 0.1) is 11.3 Å². The van der Waals surface area contributed by atoms with Crippen LogP contribution in [0.15, 0.2) is 48.0 Å². The summed E-state index contributed by atoms with van der Waals surface area (Å²) in [7, 11) is 2.83. The van der Waals surface area contributed by atoms with E-state index in [2.05, 4.69) is 10.1 Å². The number of methoxy groups -OCH3 is 2. The third-order valence-corrected chi connectivity index (χ3v) is 3.75. The maximum absolute atomic E-state index is 12.5. The van der Waals surface area contributed by atoms with Gasteiger partial charge in [0.05, 0.1) is 26.4 Å². The van der Waals surface area contributed by atoms with Crippen LogP contribution in [0.25, 0.3) is 6.08 Å². The van der Waals surface area contributed by atoms with Crippen LogP contribution >= 0.6 is 0 Å². The quantitative estimate of drug-likeness (QED) is 0.449. The van der Waals surface area contributed by atoms with Gasteiger partial charge in [-0.15, -0.1) is 0 Å². The summed E-state index contributed by atoms with van der Waals surface area (Å²) in [5.74, 6) is 0.0594. The number of esters is 1. The lowest BCUT2D eigenvalue weighted by atomic mass is 10.1. The Hall–Kier alpha value is -3.79. The first-order valence-electron chi connectivity index (χ1n) is 8.44. The molecule has 0 saturated carbocycles. The highest BCUT2D eigenvalue weighted by Gasteiger charge is 2.13. The second-order valence-corrected chi connectivity index (χ2v) is 5.53. The van der Waals surface area contributed by atoms with Crippen LogP contribution in [0.2, 0.25) is 0 Å². The van der Waals surface area contributed by atoms with Crippen molar-refractivity contribution in [2.75, 3.05) is 26.1 Å². The fraction of sp³-hybridized carbons (Fsp3) is 0.190. The first-order chi connectivity index (χ1) is 13.5. The lowest BCUT2D eigenvalue weighted by Crippen LogP contribution is -2.13. The van der Waals surface area contributed by atoms with Gasteiger partial charge in [-0.3, -0.25) is 4.79 Å². The van der Waals surface area contributed by atoms with Crippen LogP contribution in [-0.4, -0.2) is 32.7 Å². The van der Waals surface area contributed by atoms with Gasteiger partial charge in [-0.2, -0.15) is 5.26 Å². The Morgan fingerprint density at radius 3 is 2.43 bits per heavy atom. The molecule has 0 atom stereocenters. The zero-order valence-corrected chi connectivity index (χ0v) is 15.8. The Balaban J connectivity index is 2.24. The van der Waals surface area contributed by atoms with E-state index in [1.807, 2.05) is 13.0 Å². The van der Waals surface area contributed by atoms with E-state index in [4.69, 9.17) is 9.47 Å². The first-order valence-corrected chi connectivity index (χ1v) is 8.44. The molecule has 2 aromatic rings. The number of rotatable bonds is 7. The summed E-state index contributed by atoms with van der Waals surface area (Å²) in [4.78, 5) is 23.9. The molecule has 144 valence electrons. The van der Waals surface area contributed by atoms with Crippen molar-refractivity contribution in [3.63, 3.8) is 0 Å². The highest BCUT2D eigenvalue weighted by atomic mass is 16.5. The minimum absolute atomic E-state index is 0.0943. The molecule has 0 aliphatic rings. The lowest BCUT2D eigenvalue weighted by Gasteiger charge is -2.10. The molecule has 0 aromatic heterocycles. The molecule has 0 saturated heterocycles. The van der Waals surface area contributed by atoms with Gasteiger partial charge in [0.1, 0.15) is 23.1 Å². The lowest BCUT2D eigenvalue weighted by molar-refractivity contribution is -0.112. The van der Waals surface area contributed by atoms with Crippen LogP contribution in [0.5, 0.6) is 11.5 Å². The fourth-order valence-corrected chi connectivity index (χ4v) is 2.35. The molecule has 0 spiro atoms. The van der Waals surface area contributed by atoms with Crippen molar-refractivity contribution in [3.05, 3.63) is 59.2 Å². The summed E-state index contributed by atoms with van der Waals surface area (Å²) in [6.07, 6.45) is 1.45. The number of nitrogens with zero attached hydrogens (tertiary/aromatic N) is 1. The summed E-state index contributed by atoms with van der Waals surface area (Å²) in [6.45, 7) is 2.26. The van der Waals surface area contributed by atoms with Gasteiger partial charge in [0.15, 0.2) is 0 Å². The number of carbonyl (C=O) groups is 2. The van der Waals surface area contributed by atoms with E-state index in [1.54, 1.807) is 37.4 Å². The maximum Gasteiger partial charge on any atom is 0.337 e. The van der Waals surface area contributed by atoms with Crippen LogP contribution in [0.3, 0.4) is 0 Å². The molecule has 2 aromatic carbocycles. The van der Waals surface area contributed by atoms with Gasteiger partial charge in [0.25, 0.3) is 5.91 Å². The number of anilines is 1. The van der Waals surface area contributed by atoms with Crippen LogP contribution in [0.4, 0.5) is 5.69 Å². The Labute approximate surface area is 163 Å². The number of ether oxygens (including phenoxy) is 3. The molecule has 0 fully saturated rings. The molecular formula is C21H20N2O5. The van der Waals surface area contributed by atoms with Crippen molar-refractivity contribution in [1.82, 2.24) is 0 Å². The molecule has 0 aliphatic carbocycles. The van der Waals surface area contributed by atoms with E-state index < -0.39 is 11.9 Å². The molecule has 7 nitrogen and oxygen atoms in total. The zero-order chi connectivity index (χ0) is 20.5. The van der Waals surface area contributed by atoms with Crippen molar-refractivity contribution >= 4 is 23.6 Å². The second kappa shape index (κ2) is 9.78. The van der Waals surface area contributed by atoms with Crippen LogP contribution < -0.4 is 14.8 Å². The Morgan fingerprint density at radius 1 is 1.14 bits per heavy atom. The number of nitrogens with one attached hydrogen (secondary N) is 1. The van der Waals surface area contributed by atoms with Crippen molar-refractivity contribution in [2.45, 2.75) is 6.92 Å². The van der Waals surface area contributed by atoms with Crippen molar-refractivity contribution in [2.24, 2.45) is 0 Å². The largest absolute Gasteiger partial charge is 0.497 e. The Kier molecular flexibility index (Phi) is 7.17. The molecule has 28 heavy (non-hydrogen) atoms. The van der Waals surface area contributed by atoms with E-state index in [-0.39, 0.29) is 5.57 Å². The maximum atomic E-state index is 12.5. The molecule has 7 heteroatoms. The van der Waals surface area contributed by atoms with Crippen LogP contribution in [-0.2, 0) is 9.53 Å². The SMILES string of the molecule is CCOc1cc(OC)ccc1/C=C(\C#N)C(=O)Nc1ccc(C(=O)OC)cc1. The summed E-state index contributed by atoms with van der Waals surface area (Å²) in [6, 6.07) is 13.2. The van der Waals surface area contributed by atoms with Crippen molar-refractivity contribution in [3.8, 4) is 17.6 Å². The third-order valence-electron chi connectivity index (χ3n) is 3.75. The van der Waals surface area contributed by atoms with E-state index in [0.717, 1.165) is 0 Å². The third kappa shape index (κ3) is 5.11. The van der Waals surface area contributed by atoms with Gasteiger partial charge in [-0.1, -0.05) is 0 Å². The smallest absolute Gasteiger partial charge is 0.337 e. The molecule has 0 bridgehead atoms. The van der Waals surface area contributed by atoms with Gasteiger partial charge in [0.2, 0.25) is 0 Å². The summed E-state index contributed by atoms with van der Waals surface area (Å²) in [5.41, 5.74) is 1.29. The van der Waals surface area contributed by atoms with Crippen molar-refractivity contribution in [1.29, 1.82) is 5.26 Å². The summed E-state index contributed by atoms with van der Waals surface area (Å²) < 4.78 is 15.4. The van der Waals surface area contributed by atoms with Crippen molar-refractivity contribution < 1.29 is 23.8 Å². The number of hydrogen-bond acceptors (Lipinski definition) is 6. The highest BCUT2D eigenvalue weighted by Crippen LogP contribution is 2.27. The normalized spacial score (nSPS) is 10.6. The average molecular weight is 380 g/mol. The number of benzene rings is 2. The number of nitriles is 1. The topological polar surface area (TPSA) is 97.6 Å². The molecule has 1 amide bonds. The predicted molar refractivity (Wildman–Crippen MR) is 104 cm³/mol. The van der Waals surface area contributed by atoms with Gasteiger partial charge in [-0.05, 0) is 49.4 Å². The van der Waals surface area contributed by atoms with E-state index in [0.29, 0.717) is 34.9 Å². The monoisotopic (exact) mass is 380 g/mol. The fourth-order valence-electron chi connectivity index (χ4n) is 2.35. The van der Waals surface area contributed by atoms with E-state index >= 15 is 0 Å². The Morgan fingerprint density at radius 2 is 1.86 bits per heavy atom. The standard InChI is InChI=1S/C21H20N2O5/c1-4-28-19-12-18(26-2)10-7-15(19)11-16(13-22)20(24)23-17-8-5-14(6-9-17)21(25)27-3/h5-12H,4H2,1-3H3,(H,23,24)/b16-11+. The minimum atomic E-state index is -0.577. The zero-order valence-electron chi connectivity index (χ0n) is 15.8. The summed E-state index contributed by atoms with van der Waals surface area (Å²) >= 11 is 0. The Bertz CT molecular complexity index is 927. The predicted octanol–water partition coefficient (Wildman–Crippen LogP) is 3.43. The average Bonchev–Trinajstić information content (AvgIpc) is 2.72. The molecule has 0 unspecified atom stereocenters. The molecule has 0 radical (unpaired) electrons. The molecule has 2 rings (SSSR count). The van der Waals surface area contributed by atoms with Gasteiger partial charge >= 0.3 is 5.97 Å². The van der Waals surface area contributed by atoms with Crippen LogP contribution in [0.1, 0.15) is 22.8 Å². The van der Waals surface area contributed by atoms with E-state index in [9.17, 15) is 14.9 Å². The first kappa shape index (κ1) is 20.5. The molecule has 0 aliphatic heterocycles. The van der Waals surface area contributed by atoms with Gasteiger partial charge in [-0.25, -0.2) is 4.79 Å². The van der Waals surface area contributed by atoms with Gasteiger partial charge in [0, 0.05) is 17.3 Å². The molecular weight excluding hydrogens is 360 g/mol. The van der Waals surface area contributed by atoms with E-state index in [1.165, 1.54) is 25.3 Å². The van der Waals surface area contributed by atoms with Gasteiger partial charge < -0.3 is 19.5 Å². The second-order valence-electron chi connectivity index (χ2n) is 5.53. The number of carbonyl (C=O) groups excluding carboxylic acids is 2. The highest BCUT2D eigenvalue weighted by molar-refractivity contribution is 6.10. The number of hydrogen-bond donors (Lipinski definition) is 1. The molecule has 1 N–H and O–H groups in total. The minimum Gasteiger partial charge on any atom is -0.497 e. The summed E-state index contributed by atoms with van der Waals surface area (Å²) in [5, 5.41) is 12.0.